The van der Waals surface area contributed by atoms with Crippen molar-refractivity contribution < 1.29 is 9.47 Å². The summed E-state index contributed by atoms with van der Waals surface area (Å²) in [6.45, 7) is 9.10. The average Bonchev–Trinajstić information content (AvgIpc) is 2.62. The summed E-state index contributed by atoms with van der Waals surface area (Å²) in [4.78, 5) is 11.7. The second-order valence-electron chi connectivity index (χ2n) is 6.94. The van der Waals surface area contributed by atoms with Gasteiger partial charge in [-0.2, -0.15) is 0 Å². The van der Waals surface area contributed by atoms with E-state index >= 15 is 0 Å². The molecule has 0 N–H and O–H groups in total. The van der Waals surface area contributed by atoms with E-state index in [0.29, 0.717) is 5.92 Å². The van der Waals surface area contributed by atoms with E-state index in [-0.39, 0.29) is 0 Å². The number of fused-ring (bicyclic) bond motifs is 1. The minimum atomic E-state index is 0.370. The first-order valence-electron chi connectivity index (χ1n) is 8.80. The van der Waals surface area contributed by atoms with Crippen molar-refractivity contribution in [3.63, 3.8) is 0 Å². The highest BCUT2D eigenvalue weighted by Gasteiger charge is 2.21. The van der Waals surface area contributed by atoms with Crippen LogP contribution < -0.4 is 9.47 Å². The van der Waals surface area contributed by atoms with Gasteiger partial charge in [0.05, 0.1) is 14.2 Å². The first kappa shape index (κ1) is 17.7. The molecule has 0 spiro atoms. The normalized spacial score (nSPS) is 14.5. The van der Waals surface area contributed by atoms with Crippen molar-refractivity contribution in [3.8, 4) is 11.5 Å². The van der Waals surface area contributed by atoms with Gasteiger partial charge in [-0.1, -0.05) is 13.8 Å². The Morgan fingerprint density at radius 1 is 1.20 bits per heavy atom. The van der Waals surface area contributed by atoms with Crippen LogP contribution in [0.5, 0.6) is 11.5 Å². The van der Waals surface area contributed by atoms with Gasteiger partial charge in [-0.05, 0) is 18.6 Å². The number of aryl methyl sites for hydroxylation is 1. The number of hydrogen-bond acceptors (Lipinski definition) is 5. The monoisotopic (exact) mass is 341 g/mol. The maximum atomic E-state index is 5.59. The first-order chi connectivity index (χ1) is 12.0. The fraction of sp³-hybridized carbons (Fsp3) is 0.500. The number of nitrogens with zero attached hydrogens (tertiary/aromatic N) is 3. The average molecular weight is 341 g/mol. The Hall–Kier alpha value is -2.14. The van der Waals surface area contributed by atoms with Gasteiger partial charge in [0, 0.05) is 61.1 Å². The number of benzene rings is 1. The van der Waals surface area contributed by atoms with Crippen LogP contribution in [0.3, 0.4) is 0 Å². The molecule has 1 aliphatic heterocycles. The zero-order valence-electron chi connectivity index (χ0n) is 15.8. The van der Waals surface area contributed by atoms with Crippen molar-refractivity contribution >= 4 is 0 Å². The van der Waals surface area contributed by atoms with Crippen molar-refractivity contribution in [3.05, 3.63) is 46.5 Å². The topological polar surface area (TPSA) is 47.5 Å². The SMILES string of the molecule is COc1cc(C)c(CN2CCc3nc(C(C)C)ncc3C2)c(OC)c1. The summed E-state index contributed by atoms with van der Waals surface area (Å²) in [5, 5.41) is 0. The van der Waals surface area contributed by atoms with E-state index in [2.05, 4.69) is 36.7 Å². The molecule has 3 rings (SSSR count). The van der Waals surface area contributed by atoms with Gasteiger partial charge in [-0.15, -0.1) is 0 Å². The smallest absolute Gasteiger partial charge is 0.131 e. The third-order valence-corrected chi connectivity index (χ3v) is 4.79. The molecular weight excluding hydrogens is 314 g/mol. The molecule has 0 saturated heterocycles. The zero-order chi connectivity index (χ0) is 18.0. The van der Waals surface area contributed by atoms with Crippen LogP contribution >= 0.6 is 0 Å². The molecule has 1 aliphatic rings. The number of methoxy groups -OCH3 is 2. The van der Waals surface area contributed by atoms with Crippen molar-refractivity contribution in [2.75, 3.05) is 20.8 Å². The van der Waals surface area contributed by atoms with Gasteiger partial charge < -0.3 is 9.47 Å². The molecule has 1 aromatic heterocycles. The Morgan fingerprint density at radius 3 is 2.68 bits per heavy atom. The lowest BCUT2D eigenvalue weighted by Gasteiger charge is -2.29. The third kappa shape index (κ3) is 3.76. The Kier molecular flexibility index (Phi) is 5.23. The van der Waals surface area contributed by atoms with Crippen molar-refractivity contribution in [1.82, 2.24) is 14.9 Å². The zero-order valence-corrected chi connectivity index (χ0v) is 15.8. The van der Waals surface area contributed by atoms with Crippen molar-refractivity contribution in [1.29, 1.82) is 0 Å². The van der Waals surface area contributed by atoms with E-state index in [0.717, 1.165) is 43.4 Å². The molecule has 5 heteroatoms. The van der Waals surface area contributed by atoms with Crippen LogP contribution in [0.4, 0.5) is 0 Å². The summed E-state index contributed by atoms with van der Waals surface area (Å²) in [7, 11) is 3.39. The van der Waals surface area contributed by atoms with E-state index in [1.54, 1.807) is 14.2 Å². The minimum Gasteiger partial charge on any atom is -0.497 e. The third-order valence-electron chi connectivity index (χ3n) is 4.79. The molecule has 0 radical (unpaired) electrons. The quantitative estimate of drug-likeness (QED) is 0.833. The van der Waals surface area contributed by atoms with E-state index < -0.39 is 0 Å². The highest BCUT2D eigenvalue weighted by atomic mass is 16.5. The molecule has 1 aromatic carbocycles. The lowest BCUT2D eigenvalue weighted by molar-refractivity contribution is 0.238. The molecule has 0 aliphatic carbocycles. The van der Waals surface area contributed by atoms with Crippen molar-refractivity contribution in [2.24, 2.45) is 0 Å². The van der Waals surface area contributed by atoms with Gasteiger partial charge in [0.25, 0.3) is 0 Å². The fourth-order valence-electron chi connectivity index (χ4n) is 3.28. The molecule has 25 heavy (non-hydrogen) atoms. The summed E-state index contributed by atoms with van der Waals surface area (Å²) < 4.78 is 10.9. The van der Waals surface area contributed by atoms with Crippen LogP contribution in [0.2, 0.25) is 0 Å². The Bertz CT molecular complexity index is 759. The van der Waals surface area contributed by atoms with Crippen LogP contribution in [-0.2, 0) is 19.5 Å². The van der Waals surface area contributed by atoms with E-state index in [4.69, 9.17) is 14.5 Å². The number of ether oxygens (including phenoxy) is 2. The molecule has 0 amide bonds. The summed E-state index contributed by atoms with van der Waals surface area (Å²) in [6, 6.07) is 4.02. The van der Waals surface area contributed by atoms with Crippen LogP contribution in [0.25, 0.3) is 0 Å². The van der Waals surface area contributed by atoms with Gasteiger partial charge in [0.15, 0.2) is 0 Å². The lowest BCUT2D eigenvalue weighted by atomic mass is 10.0. The molecule has 0 fully saturated rings. The predicted octanol–water partition coefficient (Wildman–Crippen LogP) is 3.48. The Morgan fingerprint density at radius 2 is 2.00 bits per heavy atom. The maximum Gasteiger partial charge on any atom is 0.131 e. The molecule has 134 valence electrons. The van der Waals surface area contributed by atoms with Crippen LogP contribution in [0.15, 0.2) is 18.3 Å². The maximum absolute atomic E-state index is 5.59. The molecule has 0 unspecified atom stereocenters. The van der Waals surface area contributed by atoms with Crippen molar-refractivity contribution in [2.45, 2.75) is 46.2 Å². The second kappa shape index (κ2) is 7.40. The van der Waals surface area contributed by atoms with Crippen LogP contribution in [0.1, 0.15) is 48.0 Å². The summed E-state index contributed by atoms with van der Waals surface area (Å²) in [5.41, 5.74) is 4.84. The van der Waals surface area contributed by atoms with Crippen LogP contribution in [-0.4, -0.2) is 35.6 Å². The molecule has 0 saturated carbocycles. The molecule has 2 aromatic rings. The number of rotatable bonds is 5. The van der Waals surface area contributed by atoms with Gasteiger partial charge >= 0.3 is 0 Å². The molecule has 0 atom stereocenters. The van der Waals surface area contributed by atoms with Gasteiger partial charge in [-0.3, -0.25) is 4.90 Å². The van der Waals surface area contributed by atoms with Gasteiger partial charge in [-0.25, -0.2) is 9.97 Å². The van der Waals surface area contributed by atoms with E-state index in [9.17, 15) is 0 Å². The second-order valence-corrected chi connectivity index (χ2v) is 6.94. The fourth-order valence-corrected chi connectivity index (χ4v) is 3.28. The summed E-state index contributed by atoms with van der Waals surface area (Å²) in [6.07, 6.45) is 2.97. The number of aromatic nitrogens is 2. The Balaban J connectivity index is 1.79. The first-order valence-corrected chi connectivity index (χ1v) is 8.80. The largest absolute Gasteiger partial charge is 0.497 e. The standard InChI is InChI=1S/C20H27N3O2/c1-13(2)20-21-10-15-11-23(7-6-18(15)22-20)12-17-14(3)8-16(24-4)9-19(17)25-5/h8-10,13H,6-7,11-12H2,1-5H3. The van der Waals surface area contributed by atoms with Gasteiger partial charge in [0.1, 0.15) is 17.3 Å². The van der Waals surface area contributed by atoms with Crippen LogP contribution in [0, 0.1) is 6.92 Å². The lowest BCUT2D eigenvalue weighted by Crippen LogP contribution is -2.31. The summed E-state index contributed by atoms with van der Waals surface area (Å²) in [5.74, 6) is 3.03. The summed E-state index contributed by atoms with van der Waals surface area (Å²) >= 11 is 0. The highest BCUT2D eigenvalue weighted by molar-refractivity contribution is 5.46. The van der Waals surface area contributed by atoms with E-state index in [1.807, 2.05) is 12.3 Å². The minimum absolute atomic E-state index is 0.370. The Labute approximate surface area is 150 Å². The highest BCUT2D eigenvalue weighted by Crippen LogP contribution is 2.30. The molecular formula is C20H27N3O2. The van der Waals surface area contributed by atoms with E-state index in [1.165, 1.54) is 22.4 Å². The molecule has 5 nitrogen and oxygen atoms in total. The molecule has 0 bridgehead atoms. The molecule has 2 heterocycles. The van der Waals surface area contributed by atoms with Gasteiger partial charge in [0.2, 0.25) is 0 Å². The number of hydrogen-bond donors (Lipinski definition) is 0. The predicted molar refractivity (Wildman–Crippen MR) is 98.2 cm³/mol.